The van der Waals surface area contributed by atoms with Crippen molar-refractivity contribution in [2.75, 3.05) is 12.4 Å². The molecule has 152 valence electrons. The molecule has 1 fully saturated rings. The quantitative estimate of drug-likeness (QED) is 0.507. The van der Waals surface area contributed by atoms with E-state index in [1.54, 1.807) is 19.2 Å². The molecule has 0 atom stereocenters. The number of aromatic hydroxyl groups is 1. The summed E-state index contributed by atoms with van der Waals surface area (Å²) in [7, 11) is 1.63. The first-order valence-electron chi connectivity index (χ1n) is 9.87. The van der Waals surface area contributed by atoms with Crippen molar-refractivity contribution in [3.05, 3.63) is 48.0 Å². The minimum Gasteiger partial charge on any atom is -0.508 e. The lowest BCUT2D eigenvalue weighted by molar-refractivity contribution is 0.0320. The van der Waals surface area contributed by atoms with E-state index in [1.165, 1.54) is 6.42 Å². The summed E-state index contributed by atoms with van der Waals surface area (Å²) >= 11 is 5.41. The van der Waals surface area contributed by atoms with E-state index >= 15 is 0 Å². The molecule has 0 bridgehead atoms. The predicted molar refractivity (Wildman–Crippen MR) is 118 cm³/mol. The second kappa shape index (κ2) is 8.29. The maximum atomic E-state index is 9.95. The molecule has 1 saturated carbocycles. The minimum absolute atomic E-state index is 0.191. The van der Waals surface area contributed by atoms with Gasteiger partial charge in [0.05, 0.1) is 12.8 Å². The Morgan fingerprint density at radius 3 is 2.79 bits per heavy atom. The Kier molecular flexibility index (Phi) is 5.58. The predicted octanol–water partition coefficient (Wildman–Crippen LogP) is 4.58. The average Bonchev–Trinajstić information content (AvgIpc) is 2.73. The second-order valence-corrected chi connectivity index (χ2v) is 7.97. The van der Waals surface area contributed by atoms with Gasteiger partial charge in [-0.2, -0.15) is 5.10 Å². The largest absolute Gasteiger partial charge is 0.508 e. The molecule has 4 rings (SSSR count). The number of nitrogens with zero attached hydrogens (tertiary/aromatic N) is 1. The Hall–Kier alpha value is -2.80. The molecule has 6 nitrogen and oxygen atoms in total. The van der Waals surface area contributed by atoms with Gasteiger partial charge < -0.3 is 19.9 Å². The Bertz CT molecular complexity index is 939. The Balaban J connectivity index is 1.54. The fraction of sp³-hybridized carbons (Fsp3) is 0.364. The summed E-state index contributed by atoms with van der Waals surface area (Å²) in [6, 6.07) is 12.7. The van der Waals surface area contributed by atoms with Crippen molar-refractivity contribution in [1.29, 1.82) is 0 Å². The molecule has 1 aliphatic heterocycles. The number of methoxy groups -OCH3 is 1. The van der Waals surface area contributed by atoms with E-state index in [9.17, 15) is 5.11 Å². The molecule has 1 heterocycles. The van der Waals surface area contributed by atoms with Gasteiger partial charge in [0.2, 0.25) is 0 Å². The Morgan fingerprint density at radius 1 is 1.17 bits per heavy atom. The lowest BCUT2D eigenvalue weighted by atomic mass is 9.78. The molecule has 2 aliphatic rings. The van der Waals surface area contributed by atoms with Crippen LogP contribution in [0.25, 0.3) is 0 Å². The van der Waals surface area contributed by atoms with E-state index in [2.05, 4.69) is 15.8 Å². The van der Waals surface area contributed by atoms with Crippen LogP contribution in [-0.2, 0) is 0 Å². The Labute approximate surface area is 175 Å². The third-order valence-electron chi connectivity index (χ3n) is 5.47. The number of rotatable bonds is 3. The number of nitrogens with one attached hydrogen (secondary N) is 2. The molecule has 3 N–H and O–H groups in total. The van der Waals surface area contributed by atoms with Gasteiger partial charge in [0.15, 0.2) is 5.11 Å². The van der Waals surface area contributed by atoms with Crippen LogP contribution in [0.5, 0.6) is 17.2 Å². The summed E-state index contributed by atoms with van der Waals surface area (Å²) in [5.41, 5.74) is 5.20. The second-order valence-electron chi connectivity index (χ2n) is 7.56. The molecular formula is C22H25N3O3S. The summed E-state index contributed by atoms with van der Waals surface area (Å²) < 4.78 is 11.6. The fourth-order valence-corrected chi connectivity index (χ4v) is 4.22. The maximum Gasteiger partial charge on any atom is 0.191 e. The van der Waals surface area contributed by atoms with Gasteiger partial charge in [-0.25, -0.2) is 0 Å². The van der Waals surface area contributed by atoms with E-state index in [1.807, 2.05) is 30.3 Å². The first kappa shape index (κ1) is 19.5. The van der Waals surface area contributed by atoms with Gasteiger partial charge in [-0.3, -0.25) is 5.43 Å². The average molecular weight is 412 g/mol. The summed E-state index contributed by atoms with van der Waals surface area (Å²) in [6.07, 6.45) is 6.27. The number of thiocarbonyl (C=S) groups is 1. The number of phenolic OH excluding ortho intramolecular Hbond substituents is 1. The zero-order valence-electron chi connectivity index (χ0n) is 16.4. The van der Waals surface area contributed by atoms with Crippen LogP contribution in [0.15, 0.2) is 47.6 Å². The molecule has 0 radical (unpaired) electrons. The molecule has 0 saturated heterocycles. The summed E-state index contributed by atoms with van der Waals surface area (Å²) in [4.78, 5) is 0. The van der Waals surface area contributed by atoms with E-state index in [-0.39, 0.29) is 11.4 Å². The third kappa shape index (κ3) is 4.45. The van der Waals surface area contributed by atoms with Crippen LogP contribution in [0.2, 0.25) is 0 Å². The Morgan fingerprint density at radius 2 is 2.00 bits per heavy atom. The van der Waals surface area contributed by atoms with Crippen LogP contribution >= 0.6 is 12.2 Å². The lowest BCUT2D eigenvalue weighted by Gasteiger charge is -2.41. The van der Waals surface area contributed by atoms with Gasteiger partial charge in [-0.1, -0.05) is 12.5 Å². The molecule has 7 heteroatoms. The highest BCUT2D eigenvalue weighted by Gasteiger charge is 2.40. The van der Waals surface area contributed by atoms with Crippen molar-refractivity contribution in [3.63, 3.8) is 0 Å². The third-order valence-corrected chi connectivity index (χ3v) is 5.67. The highest BCUT2D eigenvalue weighted by atomic mass is 32.1. The summed E-state index contributed by atoms with van der Waals surface area (Å²) in [6.45, 7) is 0. The summed E-state index contributed by atoms with van der Waals surface area (Å²) in [5, 5.41) is 18.0. The van der Waals surface area contributed by atoms with E-state index in [4.69, 9.17) is 21.7 Å². The van der Waals surface area contributed by atoms with Gasteiger partial charge in [-0.15, -0.1) is 0 Å². The van der Waals surface area contributed by atoms with Crippen molar-refractivity contribution < 1.29 is 14.6 Å². The zero-order chi connectivity index (χ0) is 20.3. The molecule has 0 unspecified atom stereocenters. The van der Waals surface area contributed by atoms with Gasteiger partial charge in [0.1, 0.15) is 22.8 Å². The highest BCUT2D eigenvalue weighted by molar-refractivity contribution is 7.80. The molecule has 0 aromatic heterocycles. The van der Waals surface area contributed by atoms with Crippen molar-refractivity contribution in [1.82, 2.24) is 5.43 Å². The fourth-order valence-electron chi connectivity index (χ4n) is 4.06. The molecule has 1 aliphatic carbocycles. The smallest absolute Gasteiger partial charge is 0.191 e. The van der Waals surface area contributed by atoms with E-state index < -0.39 is 0 Å². The van der Waals surface area contributed by atoms with Crippen LogP contribution in [0.1, 0.15) is 44.1 Å². The van der Waals surface area contributed by atoms with Crippen molar-refractivity contribution in [2.24, 2.45) is 5.10 Å². The van der Waals surface area contributed by atoms with Gasteiger partial charge in [-0.05, 0) is 68.2 Å². The molecule has 29 heavy (non-hydrogen) atoms. The summed E-state index contributed by atoms with van der Waals surface area (Å²) in [5.74, 6) is 1.71. The molecule has 0 amide bonds. The molecule has 2 aromatic carbocycles. The van der Waals surface area contributed by atoms with Gasteiger partial charge in [0, 0.05) is 23.7 Å². The zero-order valence-corrected chi connectivity index (χ0v) is 17.2. The number of fused-ring (bicyclic) bond motifs is 1. The van der Waals surface area contributed by atoms with E-state index in [0.717, 1.165) is 54.1 Å². The van der Waals surface area contributed by atoms with Crippen LogP contribution in [0, 0.1) is 0 Å². The number of phenols is 1. The number of ether oxygens (including phenoxy) is 2. The number of benzene rings is 2. The van der Waals surface area contributed by atoms with Crippen molar-refractivity contribution >= 4 is 28.7 Å². The van der Waals surface area contributed by atoms with Crippen LogP contribution in [0.4, 0.5) is 5.69 Å². The molecule has 2 aromatic rings. The normalized spacial score (nSPS) is 18.6. The van der Waals surface area contributed by atoms with Crippen LogP contribution in [-0.4, -0.2) is 28.6 Å². The van der Waals surface area contributed by atoms with E-state index in [0.29, 0.717) is 11.5 Å². The number of hydrogen-bond acceptors (Lipinski definition) is 5. The van der Waals surface area contributed by atoms with Crippen LogP contribution < -0.4 is 20.2 Å². The monoisotopic (exact) mass is 411 g/mol. The highest BCUT2D eigenvalue weighted by Crippen LogP contribution is 2.42. The topological polar surface area (TPSA) is 75.1 Å². The molecular weight excluding hydrogens is 386 g/mol. The number of anilines is 1. The SMILES string of the molecule is COc1cccc(NC(=S)N/N=C2\CC3(CCCCC3)Oc3ccc(O)cc32)c1. The van der Waals surface area contributed by atoms with Crippen molar-refractivity contribution in [2.45, 2.75) is 44.1 Å². The maximum absolute atomic E-state index is 9.95. The first-order chi connectivity index (χ1) is 14.1. The standard InChI is InChI=1S/C22H25N3O3S/c1-27-17-7-5-6-15(12-17)23-21(29)25-24-19-14-22(10-3-2-4-11-22)28-20-9-8-16(26)13-18(19)20/h5-9,12-13,26H,2-4,10-11,14H2,1H3,(H2,23,25,29)/b24-19+. The van der Waals surface area contributed by atoms with Gasteiger partial charge >= 0.3 is 0 Å². The molecule has 1 spiro atoms. The minimum atomic E-state index is -0.218. The first-order valence-corrected chi connectivity index (χ1v) is 10.3. The number of hydrazone groups is 1. The van der Waals surface area contributed by atoms with Crippen LogP contribution in [0.3, 0.4) is 0 Å². The lowest BCUT2D eigenvalue weighted by Crippen LogP contribution is -2.44. The van der Waals surface area contributed by atoms with Gasteiger partial charge in [0.25, 0.3) is 0 Å². The number of hydrogen-bond donors (Lipinski definition) is 3. The van der Waals surface area contributed by atoms with Crippen molar-refractivity contribution in [3.8, 4) is 17.2 Å².